The van der Waals surface area contributed by atoms with E-state index >= 15 is 0 Å². The van der Waals surface area contributed by atoms with Gasteiger partial charge in [0.2, 0.25) is 5.91 Å². The van der Waals surface area contributed by atoms with Gasteiger partial charge in [0.05, 0.1) is 35.2 Å². The van der Waals surface area contributed by atoms with E-state index in [9.17, 15) is 9.59 Å². The van der Waals surface area contributed by atoms with Crippen LogP contribution in [0.2, 0.25) is 10.0 Å². The molecule has 0 bridgehead atoms. The monoisotopic (exact) mass is 466 g/mol. The third kappa shape index (κ3) is 6.47. The molecule has 0 aromatic heterocycles. The van der Waals surface area contributed by atoms with E-state index in [1.54, 1.807) is 12.1 Å². The quantitative estimate of drug-likeness (QED) is 0.310. The molecule has 3 rings (SSSR count). The van der Waals surface area contributed by atoms with Crippen molar-refractivity contribution in [2.24, 2.45) is 0 Å². The number of carbonyl (C=O) groups is 2. The van der Waals surface area contributed by atoms with Crippen LogP contribution < -0.4 is 0 Å². The molecule has 1 aromatic carbocycles. The van der Waals surface area contributed by atoms with E-state index in [1.165, 1.54) is 25.3 Å². The van der Waals surface area contributed by atoms with Gasteiger partial charge in [-0.15, -0.1) is 0 Å². The average molecular weight is 467 g/mol. The number of allylic oxidation sites excluding steroid dienone is 1. The lowest BCUT2D eigenvalue weighted by Gasteiger charge is -2.43. The zero-order valence-corrected chi connectivity index (χ0v) is 19.9. The Morgan fingerprint density at radius 1 is 1.19 bits per heavy atom. The number of nitrogens with zero attached hydrogens (tertiary/aromatic N) is 2. The van der Waals surface area contributed by atoms with Gasteiger partial charge in [-0.3, -0.25) is 14.5 Å². The maximum absolute atomic E-state index is 13.2. The van der Waals surface area contributed by atoms with E-state index in [1.807, 2.05) is 18.0 Å². The van der Waals surface area contributed by atoms with Gasteiger partial charge in [-0.2, -0.15) is 0 Å². The van der Waals surface area contributed by atoms with Crippen molar-refractivity contribution in [2.75, 3.05) is 26.7 Å². The summed E-state index contributed by atoms with van der Waals surface area (Å²) in [4.78, 5) is 28.7. The minimum absolute atomic E-state index is 0.0914. The third-order valence-electron chi connectivity index (χ3n) is 6.29. The summed E-state index contributed by atoms with van der Waals surface area (Å²) in [5.74, 6) is -0.145. The van der Waals surface area contributed by atoms with E-state index in [-0.39, 0.29) is 24.0 Å². The molecule has 1 saturated heterocycles. The number of rotatable bonds is 8. The fourth-order valence-electron chi connectivity index (χ4n) is 4.74. The Morgan fingerprint density at radius 3 is 2.61 bits per heavy atom. The molecule has 31 heavy (non-hydrogen) atoms. The van der Waals surface area contributed by atoms with Crippen LogP contribution in [0.15, 0.2) is 29.8 Å². The number of likely N-dealkylation sites (N-methyl/N-ethyl adjacent to an activating group) is 1. The molecule has 1 fully saturated rings. The molecule has 2 atom stereocenters. The SMILES string of the molecule is CC(=O)OCCCC1=CCCC(N(C)C(=O)Cc2ccc(Cl)c(Cl)c2)C1N1CCCC1. The van der Waals surface area contributed by atoms with Crippen molar-refractivity contribution in [3.8, 4) is 0 Å². The van der Waals surface area contributed by atoms with Crippen LogP contribution in [-0.4, -0.2) is 60.5 Å². The van der Waals surface area contributed by atoms with Crippen molar-refractivity contribution in [3.63, 3.8) is 0 Å². The van der Waals surface area contributed by atoms with Crippen molar-refractivity contribution in [1.82, 2.24) is 9.80 Å². The van der Waals surface area contributed by atoms with Gasteiger partial charge < -0.3 is 9.64 Å². The number of amides is 1. The minimum atomic E-state index is -0.237. The van der Waals surface area contributed by atoms with Crippen LogP contribution in [0.5, 0.6) is 0 Å². The molecule has 1 aliphatic heterocycles. The van der Waals surface area contributed by atoms with Gasteiger partial charge in [-0.25, -0.2) is 0 Å². The summed E-state index contributed by atoms with van der Waals surface area (Å²) in [6, 6.07) is 5.75. The number of likely N-dealkylation sites (tertiary alicyclic amines) is 1. The molecular weight excluding hydrogens is 435 g/mol. The average Bonchev–Trinajstić information content (AvgIpc) is 3.27. The zero-order valence-electron chi connectivity index (χ0n) is 18.4. The van der Waals surface area contributed by atoms with E-state index < -0.39 is 0 Å². The maximum atomic E-state index is 13.2. The summed E-state index contributed by atoms with van der Waals surface area (Å²) < 4.78 is 5.13. The molecule has 1 aliphatic carbocycles. The van der Waals surface area contributed by atoms with Crippen molar-refractivity contribution >= 4 is 35.1 Å². The van der Waals surface area contributed by atoms with Gasteiger partial charge >= 0.3 is 5.97 Å². The van der Waals surface area contributed by atoms with Crippen LogP contribution in [0.1, 0.15) is 51.0 Å². The Morgan fingerprint density at radius 2 is 1.94 bits per heavy atom. The van der Waals surface area contributed by atoms with E-state index in [0.29, 0.717) is 23.1 Å². The van der Waals surface area contributed by atoms with Crippen LogP contribution in [-0.2, 0) is 20.7 Å². The Kier molecular flexibility index (Phi) is 8.82. The molecule has 0 N–H and O–H groups in total. The number of hydrogen-bond acceptors (Lipinski definition) is 4. The molecule has 2 aliphatic rings. The molecular formula is C24H32Cl2N2O3. The molecule has 170 valence electrons. The lowest BCUT2D eigenvalue weighted by atomic mass is 9.85. The second-order valence-electron chi connectivity index (χ2n) is 8.49. The van der Waals surface area contributed by atoms with Gasteiger partial charge in [0.25, 0.3) is 0 Å². The number of ether oxygens (including phenoxy) is 1. The van der Waals surface area contributed by atoms with Gasteiger partial charge in [-0.05, 0) is 69.3 Å². The third-order valence-corrected chi connectivity index (χ3v) is 7.03. The highest BCUT2D eigenvalue weighted by Gasteiger charge is 2.37. The molecule has 7 heteroatoms. The number of hydrogen-bond donors (Lipinski definition) is 0. The number of benzene rings is 1. The highest BCUT2D eigenvalue weighted by Crippen LogP contribution is 2.32. The van der Waals surface area contributed by atoms with Gasteiger partial charge in [-0.1, -0.05) is 40.9 Å². The van der Waals surface area contributed by atoms with Crippen molar-refractivity contribution in [3.05, 3.63) is 45.5 Å². The van der Waals surface area contributed by atoms with E-state index in [0.717, 1.165) is 44.3 Å². The van der Waals surface area contributed by atoms with Crippen LogP contribution in [0.4, 0.5) is 0 Å². The van der Waals surface area contributed by atoms with Crippen molar-refractivity contribution in [1.29, 1.82) is 0 Å². The highest BCUT2D eigenvalue weighted by atomic mass is 35.5. The Labute approximate surface area is 195 Å². The van der Waals surface area contributed by atoms with Gasteiger partial charge in [0.15, 0.2) is 0 Å². The fraction of sp³-hybridized carbons (Fsp3) is 0.583. The topological polar surface area (TPSA) is 49.9 Å². The highest BCUT2D eigenvalue weighted by molar-refractivity contribution is 6.42. The van der Waals surface area contributed by atoms with Gasteiger partial charge in [0.1, 0.15) is 0 Å². The first kappa shape index (κ1) is 24.1. The van der Waals surface area contributed by atoms with Crippen LogP contribution in [0, 0.1) is 0 Å². The first-order valence-corrected chi connectivity index (χ1v) is 11.9. The van der Waals surface area contributed by atoms with Crippen LogP contribution in [0.25, 0.3) is 0 Å². The summed E-state index contributed by atoms with van der Waals surface area (Å²) in [7, 11) is 1.93. The Balaban J connectivity index is 1.70. The smallest absolute Gasteiger partial charge is 0.302 e. The standard InChI is InChI=1S/C24H32Cl2N2O3/c1-17(29)31-14-6-8-19-7-5-9-22(24(19)28-12-3-4-13-28)27(2)23(30)16-18-10-11-20(25)21(26)15-18/h7,10-11,15,22,24H,3-6,8-9,12-14,16H2,1-2H3. The maximum Gasteiger partial charge on any atom is 0.302 e. The first-order valence-electron chi connectivity index (χ1n) is 11.1. The van der Waals surface area contributed by atoms with E-state index in [2.05, 4.69) is 11.0 Å². The molecule has 0 saturated carbocycles. The molecule has 0 spiro atoms. The minimum Gasteiger partial charge on any atom is -0.466 e. The van der Waals surface area contributed by atoms with Gasteiger partial charge in [0, 0.05) is 14.0 Å². The summed E-state index contributed by atoms with van der Waals surface area (Å²) in [5, 5.41) is 0.969. The van der Waals surface area contributed by atoms with E-state index in [4.69, 9.17) is 27.9 Å². The lowest BCUT2D eigenvalue weighted by Crippen LogP contribution is -2.54. The molecule has 1 amide bonds. The predicted octanol–water partition coefficient (Wildman–Crippen LogP) is 4.89. The second kappa shape index (κ2) is 11.3. The molecule has 1 aromatic rings. The van der Waals surface area contributed by atoms with Crippen molar-refractivity contribution in [2.45, 2.75) is 64.0 Å². The normalized spacial score (nSPS) is 21.6. The number of esters is 1. The molecule has 0 radical (unpaired) electrons. The summed E-state index contributed by atoms with van der Waals surface area (Å²) in [6.07, 6.45) is 8.66. The second-order valence-corrected chi connectivity index (χ2v) is 9.30. The number of halogens is 2. The number of carbonyl (C=O) groups excluding carboxylic acids is 2. The first-order chi connectivity index (χ1) is 14.9. The summed E-state index contributed by atoms with van der Waals surface area (Å²) >= 11 is 12.1. The molecule has 2 unspecified atom stereocenters. The fourth-order valence-corrected chi connectivity index (χ4v) is 5.06. The van der Waals surface area contributed by atoms with Crippen LogP contribution in [0.3, 0.4) is 0 Å². The van der Waals surface area contributed by atoms with Crippen molar-refractivity contribution < 1.29 is 14.3 Å². The lowest BCUT2D eigenvalue weighted by molar-refractivity contribution is -0.141. The largest absolute Gasteiger partial charge is 0.466 e. The summed E-state index contributed by atoms with van der Waals surface area (Å²) in [5.41, 5.74) is 2.25. The summed E-state index contributed by atoms with van der Waals surface area (Å²) in [6.45, 7) is 4.02. The predicted molar refractivity (Wildman–Crippen MR) is 125 cm³/mol. The molecule has 5 nitrogen and oxygen atoms in total. The molecule has 1 heterocycles. The zero-order chi connectivity index (χ0) is 22.4. The van der Waals surface area contributed by atoms with Crippen LogP contribution >= 0.6 is 23.2 Å². The Hall–Kier alpha value is -1.56. The Bertz CT molecular complexity index is 821.